The summed E-state index contributed by atoms with van der Waals surface area (Å²) in [5.74, 6) is 0.571. The SMILES string of the molecule is CC(C)(C)[C@@H](CCO)NCc1nc(-c2ccc(C(F)(F)F)cc2)no1. The highest BCUT2D eigenvalue weighted by molar-refractivity contribution is 5.54. The van der Waals surface area contributed by atoms with Crippen LogP contribution in [0.2, 0.25) is 0 Å². The fourth-order valence-electron chi connectivity index (χ4n) is 2.43. The molecule has 25 heavy (non-hydrogen) atoms. The minimum absolute atomic E-state index is 0.0546. The quantitative estimate of drug-likeness (QED) is 0.826. The Kier molecular flexibility index (Phi) is 5.84. The molecule has 2 rings (SSSR count). The Labute approximate surface area is 144 Å². The van der Waals surface area contributed by atoms with E-state index < -0.39 is 11.7 Å². The van der Waals surface area contributed by atoms with Gasteiger partial charge >= 0.3 is 6.18 Å². The lowest BCUT2D eigenvalue weighted by Crippen LogP contribution is -2.40. The molecule has 5 nitrogen and oxygen atoms in total. The summed E-state index contributed by atoms with van der Waals surface area (Å²) in [6.45, 7) is 6.55. The highest BCUT2D eigenvalue weighted by Crippen LogP contribution is 2.30. The van der Waals surface area contributed by atoms with E-state index in [1.165, 1.54) is 12.1 Å². The van der Waals surface area contributed by atoms with Gasteiger partial charge in [-0.3, -0.25) is 0 Å². The standard InChI is InChI=1S/C17H22F3N3O2/c1-16(2,3)13(8-9-24)21-10-14-22-15(23-25-14)11-4-6-12(7-5-11)17(18,19)20/h4-7,13,21,24H,8-10H2,1-3H3/t13-/m1/s1. The minimum Gasteiger partial charge on any atom is -0.396 e. The third-order valence-corrected chi connectivity index (χ3v) is 3.90. The number of rotatable bonds is 6. The first-order valence-corrected chi connectivity index (χ1v) is 7.95. The van der Waals surface area contributed by atoms with Crippen molar-refractivity contribution in [1.29, 1.82) is 0 Å². The maximum absolute atomic E-state index is 12.6. The van der Waals surface area contributed by atoms with Gasteiger partial charge in [0.15, 0.2) is 0 Å². The van der Waals surface area contributed by atoms with Crippen molar-refractivity contribution in [3.05, 3.63) is 35.7 Å². The molecule has 8 heteroatoms. The first kappa shape index (κ1) is 19.4. The van der Waals surface area contributed by atoms with E-state index in [0.29, 0.717) is 24.4 Å². The molecule has 138 valence electrons. The summed E-state index contributed by atoms with van der Waals surface area (Å²) in [6.07, 6.45) is -3.79. The third kappa shape index (κ3) is 5.27. The molecule has 2 N–H and O–H groups in total. The Bertz CT molecular complexity index is 676. The largest absolute Gasteiger partial charge is 0.416 e. The number of alkyl halides is 3. The molecular weight excluding hydrogens is 335 g/mol. The van der Waals surface area contributed by atoms with Crippen LogP contribution in [0.3, 0.4) is 0 Å². The summed E-state index contributed by atoms with van der Waals surface area (Å²) in [5.41, 5.74) is -0.330. The van der Waals surface area contributed by atoms with Crippen LogP contribution in [0.25, 0.3) is 11.4 Å². The van der Waals surface area contributed by atoms with Gasteiger partial charge in [-0.05, 0) is 24.0 Å². The monoisotopic (exact) mass is 357 g/mol. The lowest BCUT2D eigenvalue weighted by molar-refractivity contribution is -0.137. The van der Waals surface area contributed by atoms with Crippen molar-refractivity contribution in [2.24, 2.45) is 5.41 Å². The molecule has 0 saturated heterocycles. The number of benzene rings is 1. The number of nitrogens with zero attached hydrogens (tertiary/aromatic N) is 2. The summed E-state index contributed by atoms with van der Waals surface area (Å²) in [4.78, 5) is 4.20. The van der Waals surface area contributed by atoms with Crippen LogP contribution in [0, 0.1) is 5.41 Å². The highest BCUT2D eigenvalue weighted by Gasteiger charge is 2.30. The van der Waals surface area contributed by atoms with Gasteiger partial charge < -0.3 is 14.9 Å². The fourth-order valence-corrected chi connectivity index (χ4v) is 2.43. The molecule has 2 aromatic rings. The number of aliphatic hydroxyl groups excluding tert-OH is 1. The predicted molar refractivity (Wildman–Crippen MR) is 86.5 cm³/mol. The van der Waals surface area contributed by atoms with Gasteiger partial charge in [0.05, 0.1) is 12.1 Å². The van der Waals surface area contributed by atoms with E-state index >= 15 is 0 Å². The van der Waals surface area contributed by atoms with Crippen LogP contribution in [-0.4, -0.2) is 27.9 Å². The molecule has 0 unspecified atom stereocenters. The molecule has 0 spiro atoms. The molecule has 0 aliphatic rings. The van der Waals surface area contributed by atoms with E-state index in [0.717, 1.165) is 12.1 Å². The first-order valence-electron chi connectivity index (χ1n) is 7.95. The molecule has 0 radical (unpaired) electrons. The van der Waals surface area contributed by atoms with Gasteiger partial charge in [-0.15, -0.1) is 0 Å². The molecule has 0 aliphatic carbocycles. The molecule has 1 aromatic heterocycles. The maximum atomic E-state index is 12.6. The highest BCUT2D eigenvalue weighted by atomic mass is 19.4. The van der Waals surface area contributed by atoms with Crippen molar-refractivity contribution in [3.63, 3.8) is 0 Å². The van der Waals surface area contributed by atoms with Crippen molar-refractivity contribution >= 4 is 0 Å². The molecule has 0 amide bonds. The number of hydrogen-bond acceptors (Lipinski definition) is 5. The van der Waals surface area contributed by atoms with E-state index in [2.05, 4.69) is 36.2 Å². The second kappa shape index (κ2) is 7.53. The van der Waals surface area contributed by atoms with E-state index in [9.17, 15) is 13.2 Å². The molecule has 1 atom stereocenters. The lowest BCUT2D eigenvalue weighted by atomic mass is 9.85. The average molecular weight is 357 g/mol. The van der Waals surface area contributed by atoms with Crippen molar-refractivity contribution in [2.75, 3.05) is 6.61 Å². The summed E-state index contributed by atoms with van der Waals surface area (Å²) in [6, 6.07) is 4.66. The van der Waals surface area contributed by atoms with E-state index in [1.54, 1.807) is 0 Å². The van der Waals surface area contributed by atoms with Crippen LogP contribution >= 0.6 is 0 Å². The van der Waals surface area contributed by atoms with Crippen molar-refractivity contribution in [3.8, 4) is 11.4 Å². The van der Waals surface area contributed by atoms with Gasteiger partial charge in [0, 0.05) is 18.2 Å². The van der Waals surface area contributed by atoms with Gasteiger partial charge in [0.2, 0.25) is 11.7 Å². The zero-order chi connectivity index (χ0) is 18.7. The van der Waals surface area contributed by atoms with Crippen LogP contribution in [0.4, 0.5) is 13.2 Å². The van der Waals surface area contributed by atoms with Gasteiger partial charge in [-0.2, -0.15) is 18.2 Å². The fraction of sp³-hybridized carbons (Fsp3) is 0.529. The topological polar surface area (TPSA) is 71.2 Å². The van der Waals surface area contributed by atoms with Gasteiger partial charge in [-0.1, -0.05) is 38.1 Å². The number of hydrogen-bond donors (Lipinski definition) is 2. The predicted octanol–water partition coefficient (Wildman–Crippen LogP) is 3.64. The molecule has 1 heterocycles. The normalized spacial score (nSPS) is 13.9. The van der Waals surface area contributed by atoms with Crippen molar-refractivity contribution in [1.82, 2.24) is 15.5 Å². The minimum atomic E-state index is -4.38. The van der Waals surface area contributed by atoms with Gasteiger partial charge in [0.25, 0.3) is 0 Å². The summed E-state index contributed by atoms with van der Waals surface area (Å²) < 4.78 is 42.9. The molecule has 1 aromatic carbocycles. The summed E-state index contributed by atoms with van der Waals surface area (Å²) in [7, 11) is 0. The Hall–Kier alpha value is -1.93. The van der Waals surface area contributed by atoms with Crippen LogP contribution in [-0.2, 0) is 12.7 Å². The second-order valence-electron chi connectivity index (χ2n) is 6.90. The zero-order valence-electron chi connectivity index (χ0n) is 14.4. The van der Waals surface area contributed by atoms with Crippen molar-refractivity contribution < 1.29 is 22.8 Å². The summed E-state index contributed by atoms with van der Waals surface area (Å²) in [5, 5.41) is 16.2. The maximum Gasteiger partial charge on any atom is 0.416 e. The number of nitrogens with one attached hydrogen (secondary N) is 1. The number of halogens is 3. The Morgan fingerprint density at radius 1 is 1.16 bits per heavy atom. The van der Waals surface area contributed by atoms with Crippen LogP contribution in [0.15, 0.2) is 28.8 Å². The van der Waals surface area contributed by atoms with Gasteiger partial charge in [0.1, 0.15) is 0 Å². The van der Waals surface area contributed by atoms with Crippen LogP contribution < -0.4 is 5.32 Å². The third-order valence-electron chi connectivity index (χ3n) is 3.90. The smallest absolute Gasteiger partial charge is 0.396 e. The lowest BCUT2D eigenvalue weighted by Gasteiger charge is -2.30. The summed E-state index contributed by atoms with van der Waals surface area (Å²) >= 11 is 0. The van der Waals surface area contributed by atoms with E-state index in [-0.39, 0.29) is 23.9 Å². The molecule has 0 saturated carbocycles. The van der Waals surface area contributed by atoms with Crippen LogP contribution in [0.5, 0.6) is 0 Å². The Morgan fingerprint density at radius 3 is 2.32 bits per heavy atom. The molecule has 0 fully saturated rings. The molecule has 0 bridgehead atoms. The number of aliphatic hydroxyl groups is 1. The van der Waals surface area contributed by atoms with Gasteiger partial charge in [-0.25, -0.2) is 0 Å². The molecule has 0 aliphatic heterocycles. The zero-order valence-corrected chi connectivity index (χ0v) is 14.4. The van der Waals surface area contributed by atoms with E-state index in [4.69, 9.17) is 9.63 Å². The van der Waals surface area contributed by atoms with Crippen LogP contribution in [0.1, 0.15) is 38.6 Å². The van der Waals surface area contributed by atoms with E-state index in [1.807, 2.05) is 0 Å². The molecular formula is C17H22F3N3O2. The number of aromatic nitrogens is 2. The Balaban J connectivity index is 2.04. The average Bonchev–Trinajstić information content (AvgIpc) is 2.98. The van der Waals surface area contributed by atoms with Crippen molar-refractivity contribution in [2.45, 2.75) is 46.0 Å². The first-order chi connectivity index (χ1) is 11.6. The second-order valence-corrected chi connectivity index (χ2v) is 6.90. The Morgan fingerprint density at radius 2 is 1.80 bits per heavy atom.